The number of carbonyl (C=O) groups is 1. The van der Waals surface area contributed by atoms with E-state index in [1.165, 1.54) is 0 Å². The Kier molecular flexibility index (Phi) is 11.4. The van der Waals surface area contributed by atoms with Crippen molar-refractivity contribution in [2.75, 3.05) is 7.05 Å². The Morgan fingerprint density at radius 3 is 1.50 bits per heavy atom. The molecule has 2 rings (SSSR count). The van der Waals surface area contributed by atoms with Crippen LogP contribution in [0.5, 0.6) is 0 Å². The predicted octanol–water partition coefficient (Wildman–Crippen LogP) is 4.95. The number of likely N-dealkylation sites (N-methyl/N-ethyl adjacent to an activating group) is 1. The number of nitrogens with one attached hydrogen (secondary N) is 1. The van der Waals surface area contributed by atoms with E-state index in [2.05, 4.69) is 17.0 Å². The average molecular weight is 324 g/mol. The van der Waals surface area contributed by atoms with Crippen molar-refractivity contribution in [1.82, 2.24) is 5.32 Å². The van der Waals surface area contributed by atoms with Gasteiger partial charge in [-0.25, -0.2) is 0 Å². The number of nitrogens with zero attached hydrogens (tertiary/aromatic N) is 1. The molecule has 0 heterocycles. The lowest BCUT2D eigenvalue weighted by atomic mass is 9.95. The van der Waals surface area contributed by atoms with Crippen LogP contribution in [0.1, 0.15) is 38.8 Å². The van der Waals surface area contributed by atoms with Crippen molar-refractivity contribution in [3.05, 3.63) is 77.5 Å². The molecule has 1 N–H and O–H groups in total. The van der Waals surface area contributed by atoms with Gasteiger partial charge in [-0.3, -0.25) is 9.79 Å². The van der Waals surface area contributed by atoms with Gasteiger partial charge in [-0.1, -0.05) is 88.4 Å². The zero-order valence-corrected chi connectivity index (χ0v) is 15.3. The number of aliphatic imine (C=N–C) groups is 1. The van der Waals surface area contributed by atoms with Crippen LogP contribution in [0.2, 0.25) is 0 Å². The lowest BCUT2D eigenvalue weighted by molar-refractivity contribution is -0.117. The molecule has 0 aliphatic heterocycles. The van der Waals surface area contributed by atoms with E-state index in [1.807, 2.05) is 88.4 Å². The van der Waals surface area contributed by atoms with Gasteiger partial charge < -0.3 is 5.32 Å². The summed E-state index contributed by atoms with van der Waals surface area (Å²) in [6.07, 6.45) is 0. The Labute approximate surface area is 146 Å². The number of rotatable bonds is 4. The second-order valence-corrected chi connectivity index (χ2v) is 4.19. The molecule has 0 radical (unpaired) electrons. The quantitative estimate of drug-likeness (QED) is 0.628. The number of amides is 1. The van der Waals surface area contributed by atoms with Crippen LogP contribution in [-0.2, 0) is 4.79 Å². The molecule has 2 aromatic rings. The first-order valence-corrected chi connectivity index (χ1v) is 8.32. The van der Waals surface area contributed by atoms with Crippen LogP contribution >= 0.6 is 0 Å². The molecule has 0 saturated carbocycles. The molecule has 0 unspecified atom stereocenters. The van der Waals surface area contributed by atoms with Crippen LogP contribution in [0.15, 0.2) is 71.4 Å². The summed E-state index contributed by atoms with van der Waals surface area (Å²) in [4.78, 5) is 16.0. The minimum Gasteiger partial charge on any atom is -0.354 e. The van der Waals surface area contributed by atoms with Crippen LogP contribution in [0.4, 0.5) is 0 Å². The summed E-state index contributed by atoms with van der Waals surface area (Å²) >= 11 is 0. The van der Waals surface area contributed by atoms with Gasteiger partial charge in [-0.15, -0.1) is 0 Å². The minimum atomic E-state index is -0.247. The third kappa shape index (κ3) is 5.84. The Hall–Kier alpha value is -2.68. The molecule has 24 heavy (non-hydrogen) atoms. The summed E-state index contributed by atoms with van der Waals surface area (Å²) in [7, 11) is 1.58. The van der Waals surface area contributed by atoms with Gasteiger partial charge in [0.1, 0.15) is 5.70 Å². The van der Waals surface area contributed by atoms with E-state index in [0.717, 1.165) is 16.7 Å². The standard InChI is InChI=1S/C17H16N2O.2C2H6/c1-18-16(17(20)19-2)15(13-9-5-3-6-10-13)14-11-7-4-8-12-14;2*1-2/h3-12H,1H2,2H3,(H,19,20);2*1-2H3. The number of hydrogen-bond acceptors (Lipinski definition) is 2. The first kappa shape index (κ1) is 21.3. The van der Waals surface area contributed by atoms with Crippen LogP contribution < -0.4 is 5.32 Å². The minimum absolute atomic E-state index is 0.247. The SMILES string of the molecule is C=NC(C(=O)NC)=C(c1ccccc1)c1ccccc1.CC.CC. The van der Waals surface area contributed by atoms with Gasteiger partial charge in [0, 0.05) is 12.6 Å². The van der Waals surface area contributed by atoms with E-state index in [0.29, 0.717) is 5.70 Å². The molecule has 0 bridgehead atoms. The zero-order chi connectivity index (χ0) is 18.4. The van der Waals surface area contributed by atoms with Gasteiger partial charge >= 0.3 is 0 Å². The predicted molar refractivity (Wildman–Crippen MR) is 105 cm³/mol. The third-order valence-corrected chi connectivity index (χ3v) is 2.96. The van der Waals surface area contributed by atoms with E-state index in [4.69, 9.17) is 0 Å². The van der Waals surface area contributed by atoms with Crippen LogP contribution in [0.25, 0.3) is 5.57 Å². The highest BCUT2D eigenvalue weighted by molar-refractivity contribution is 6.04. The number of benzene rings is 2. The van der Waals surface area contributed by atoms with Gasteiger partial charge in [0.15, 0.2) is 0 Å². The average Bonchev–Trinajstić information content (AvgIpc) is 2.70. The molecular weight excluding hydrogens is 296 g/mol. The maximum atomic E-state index is 12.0. The van der Waals surface area contributed by atoms with Crippen molar-refractivity contribution >= 4 is 18.2 Å². The Morgan fingerprint density at radius 1 is 0.833 bits per heavy atom. The number of carbonyl (C=O) groups excluding carboxylic acids is 1. The molecule has 3 heteroatoms. The summed E-state index contributed by atoms with van der Waals surface area (Å²) in [5, 5.41) is 2.61. The highest BCUT2D eigenvalue weighted by Gasteiger charge is 2.16. The fourth-order valence-corrected chi connectivity index (χ4v) is 2.03. The second kappa shape index (κ2) is 12.8. The molecule has 0 atom stereocenters. The monoisotopic (exact) mass is 324 g/mol. The lowest BCUT2D eigenvalue weighted by Gasteiger charge is -2.12. The largest absolute Gasteiger partial charge is 0.354 e. The van der Waals surface area contributed by atoms with Crippen LogP contribution in [-0.4, -0.2) is 19.7 Å². The first-order chi connectivity index (χ1) is 11.8. The highest BCUT2D eigenvalue weighted by Crippen LogP contribution is 2.27. The van der Waals surface area contributed by atoms with Gasteiger partial charge in [0.2, 0.25) is 0 Å². The summed E-state index contributed by atoms with van der Waals surface area (Å²) in [5.74, 6) is -0.247. The van der Waals surface area contributed by atoms with Crippen LogP contribution in [0.3, 0.4) is 0 Å². The fourth-order valence-electron chi connectivity index (χ4n) is 2.03. The van der Waals surface area contributed by atoms with E-state index in [1.54, 1.807) is 7.05 Å². The molecule has 2 aromatic carbocycles. The van der Waals surface area contributed by atoms with Gasteiger partial charge in [0.25, 0.3) is 5.91 Å². The molecule has 0 aromatic heterocycles. The molecule has 0 aliphatic carbocycles. The normalized spacial score (nSPS) is 8.54. The first-order valence-electron chi connectivity index (χ1n) is 8.32. The van der Waals surface area contributed by atoms with E-state index in [9.17, 15) is 4.79 Å². The molecule has 0 saturated heterocycles. The molecule has 0 fully saturated rings. The van der Waals surface area contributed by atoms with E-state index >= 15 is 0 Å². The topological polar surface area (TPSA) is 41.5 Å². The molecule has 0 spiro atoms. The fraction of sp³-hybridized carbons (Fsp3) is 0.238. The Morgan fingerprint density at radius 2 is 1.21 bits per heavy atom. The highest BCUT2D eigenvalue weighted by atomic mass is 16.1. The molecule has 3 nitrogen and oxygen atoms in total. The van der Waals surface area contributed by atoms with E-state index in [-0.39, 0.29) is 5.91 Å². The van der Waals surface area contributed by atoms with E-state index < -0.39 is 0 Å². The van der Waals surface area contributed by atoms with Crippen molar-refractivity contribution < 1.29 is 4.79 Å². The summed E-state index contributed by atoms with van der Waals surface area (Å²) in [5.41, 5.74) is 2.97. The van der Waals surface area contributed by atoms with Crippen molar-refractivity contribution in [2.24, 2.45) is 4.99 Å². The summed E-state index contributed by atoms with van der Waals surface area (Å²) < 4.78 is 0. The molecule has 0 aliphatic rings. The van der Waals surface area contributed by atoms with Crippen molar-refractivity contribution in [3.8, 4) is 0 Å². The maximum absolute atomic E-state index is 12.0. The van der Waals surface area contributed by atoms with Gasteiger partial charge in [-0.05, 0) is 17.8 Å². The lowest BCUT2D eigenvalue weighted by Crippen LogP contribution is -2.20. The molecule has 1 amide bonds. The zero-order valence-electron chi connectivity index (χ0n) is 15.3. The number of hydrogen-bond donors (Lipinski definition) is 1. The van der Waals surface area contributed by atoms with Crippen molar-refractivity contribution in [1.29, 1.82) is 0 Å². The maximum Gasteiger partial charge on any atom is 0.270 e. The summed E-state index contributed by atoms with van der Waals surface area (Å²) in [6, 6.07) is 19.4. The Bertz CT molecular complexity index is 590. The van der Waals surface area contributed by atoms with Crippen LogP contribution in [0, 0.1) is 0 Å². The smallest absolute Gasteiger partial charge is 0.270 e. The molecule has 128 valence electrons. The second-order valence-electron chi connectivity index (χ2n) is 4.19. The molecular formula is C21H28N2O. The van der Waals surface area contributed by atoms with Crippen molar-refractivity contribution in [2.45, 2.75) is 27.7 Å². The van der Waals surface area contributed by atoms with Gasteiger partial charge in [0.05, 0.1) is 0 Å². The third-order valence-electron chi connectivity index (χ3n) is 2.96. The van der Waals surface area contributed by atoms with Gasteiger partial charge in [-0.2, -0.15) is 0 Å². The Balaban J connectivity index is 0.00000123. The van der Waals surface area contributed by atoms with Crippen molar-refractivity contribution in [3.63, 3.8) is 0 Å². The summed E-state index contributed by atoms with van der Waals surface area (Å²) in [6.45, 7) is 11.5.